The Hall–Kier alpha value is -0.920. The lowest BCUT2D eigenvalue weighted by molar-refractivity contribution is -0.137. The summed E-state index contributed by atoms with van der Waals surface area (Å²) in [6.45, 7) is 4.76. The highest BCUT2D eigenvalue weighted by Gasteiger charge is 2.74. The second-order valence-electron chi connectivity index (χ2n) is 10.0. The maximum absolute atomic E-state index is 12.8. The summed E-state index contributed by atoms with van der Waals surface area (Å²) in [5.74, 6) is 5.78. The third-order valence-corrected chi connectivity index (χ3v) is 9.21. The summed E-state index contributed by atoms with van der Waals surface area (Å²) in [6, 6.07) is 0. The molecule has 2 heteroatoms. The number of allylic oxidation sites excluding steroid dienone is 1. The molecule has 9 atom stereocenters. The molecule has 1 unspecified atom stereocenters. The first-order chi connectivity index (χ1) is 10.9. The molecule has 0 saturated heterocycles. The van der Waals surface area contributed by atoms with Gasteiger partial charge in [0.2, 0.25) is 0 Å². The van der Waals surface area contributed by atoms with Crippen LogP contribution >= 0.6 is 0 Å². The summed E-state index contributed by atoms with van der Waals surface area (Å²) >= 11 is 0. The molecule has 0 heterocycles. The van der Waals surface area contributed by atoms with Gasteiger partial charge >= 0.3 is 0 Å². The fraction of sp³-hybridized carbons (Fsp3) is 0.810. The first kappa shape index (κ1) is 13.4. The summed E-state index contributed by atoms with van der Waals surface area (Å²) in [5, 5.41) is 0. The van der Waals surface area contributed by atoms with Gasteiger partial charge in [-0.05, 0) is 79.1 Å². The molecular weight excluding hydrogens is 284 g/mol. The van der Waals surface area contributed by atoms with Crippen molar-refractivity contribution in [1.82, 2.24) is 0 Å². The van der Waals surface area contributed by atoms with E-state index in [1.807, 2.05) is 6.08 Å². The summed E-state index contributed by atoms with van der Waals surface area (Å²) in [7, 11) is 0. The predicted octanol–water partition coefficient (Wildman–Crippen LogP) is 3.80. The molecule has 0 aliphatic heterocycles. The van der Waals surface area contributed by atoms with Crippen molar-refractivity contribution in [3.05, 3.63) is 11.6 Å². The van der Waals surface area contributed by atoms with Crippen LogP contribution in [0.2, 0.25) is 0 Å². The van der Waals surface area contributed by atoms with Gasteiger partial charge in [0.15, 0.2) is 5.78 Å². The van der Waals surface area contributed by atoms with E-state index in [0.717, 1.165) is 42.9 Å². The number of Topliss-reactive ketones (excluding diaryl/α,β-unsaturated/α-hetero) is 1. The smallest absolute Gasteiger partial charge is 0.155 e. The van der Waals surface area contributed by atoms with E-state index in [9.17, 15) is 9.59 Å². The Morgan fingerprint density at radius 2 is 1.78 bits per heavy atom. The van der Waals surface area contributed by atoms with Gasteiger partial charge in [-0.15, -0.1) is 0 Å². The van der Waals surface area contributed by atoms with E-state index < -0.39 is 0 Å². The van der Waals surface area contributed by atoms with Crippen LogP contribution in [0.3, 0.4) is 0 Å². The van der Waals surface area contributed by atoms with E-state index in [1.54, 1.807) is 0 Å². The fourth-order valence-electron chi connectivity index (χ4n) is 8.04. The second kappa shape index (κ2) is 3.68. The van der Waals surface area contributed by atoms with Crippen molar-refractivity contribution in [2.24, 2.45) is 52.3 Å². The molecule has 6 aliphatic rings. The van der Waals surface area contributed by atoms with Crippen molar-refractivity contribution < 1.29 is 9.59 Å². The molecule has 122 valence electrons. The molecule has 0 aromatic carbocycles. The Balaban J connectivity index is 1.47. The van der Waals surface area contributed by atoms with Crippen molar-refractivity contribution in [3.8, 4) is 0 Å². The molecule has 2 nitrogen and oxygen atoms in total. The minimum Gasteiger partial charge on any atom is -0.299 e. The highest BCUT2D eigenvalue weighted by Crippen LogP contribution is 2.77. The van der Waals surface area contributed by atoms with Gasteiger partial charge in [-0.1, -0.05) is 19.4 Å². The minimum atomic E-state index is 0.00392. The molecule has 0 N–H and O–H groups in total. The van der Waals surface area contributed by atoms with Gasteiger partial charge in [-0.25, -0.2) is 0 Å². The van der Waals surface area contributed by atoms with Gasteiger partial charge in [-0.3, -0.25) is 9.59 Å². The highest BCUT2D eigenvalue weighted by molar-refractivity contribution is 5.93. The van der Waals surface area contributed by atoms with Crippen LogP contribution in [0, 0.1) is 52.3 Å². The van der Waals surface area contributed by atoms with Crippen LogP contribution in [0.1, 0.15) is 52.4 Å². The zero-order valence-corrected chi connectivity index (χ0v) is 14.2. The minimum absolute atomic E-state index is 0.00392. The number of ketones is 2. The summed E-state index contributed by atoms with van der Waals surface area (Å²) in [5.41, 5.74) is 1.78. The van der Waals surface area contributed by atoms with Crippen LogP contribution in [-0.2, 0) is 9.59 Å². The van der Waals surface area contributed by atoms with Gasteiger partial charge in [0.25, 0.3) is 0 Å². The zero-order chi connectivity index (χ0) is 15.7. The Morgan fingerprint density at radius 1 is 1.00 bits per heavy atom. The maximum Gasteiger partial charge on any atom is 0.155 e. The van der Waals surface area contributed by atoms with E-state index in [1.165, 1.54) is 24.8 Å². The third-order valence-electron chi connectivity index (χ3n) is 9.21. The first-order valence-electron chi connectivity index (χ1n) is 9.74. The Kier molecular flexibility index (Phi) is 2.14. The molecule has 6 aliphatic carbocycles. The number of hydrogen-bond donors (Lipinski definition) is 0. The topological polar surface area (TPSA) is 34.1 Å². The molecule has 6 rings (SSSR count). The summed E-state index contributed by atoms with van der Waals surface area (Å²) < 4.78 is 0. The van der Waals surface area contributed by atoms with Gasteiger partial charge in [-0.2, -0.15) is 0 Å². The average molecular weight is 310 g/mol. The average Bonchev–Trinajstić information content (AvgIpc) is 3.40. The number of carbonyl (C=O) groups is 2. The van der Waals surface area contributed by atoms with Gasteiger partial charge < -0.3 is 0 Å². The van der Waals surface area contributed by atoms with Crippen LogP contribution in [0.5, 0.6) is 0 Å². The van der Waals surface area contributed by atoms with Crippen molar-refractivity contribution in [3.63, 3.8) is 0 Å². The van der Waals surface area contributed by atoms with E-state index in [0.29, 0.717) is 29.3 Å². The molecule has 0 spiro atoms. The monoisotopic (exact) mass is 310 g/mol. The van der Waals surface area contributed by atoms with E-state index in [4.69, 9.17) is 0 Å². The van der Waals surface area contributed by atoms with Gasteiger partial charge in [0.05, 0.1) is 0 Å². The fourth-order valence-corrected chi connectivity index (χ4v) is 8.04. The van der Waals surface area contributed by atoms with Gasteiger partial charge in [0.1, 0.15) is 5.78 Å². The Morgan fingerprint density at radius 3 is 2.61 bits per heavy atom. The number of fused-ring (bicyclic) bond motifs is 10. The van der Waals surface area contributed by atoms with Crippen LogP contribution in [-0.4, -0.2) is 11.6 Å². The van der Waals surface area contributed by atoms with E-state index in [-0.39, 0.29) is 10.8 Å². The summed E-state index contributed by atoms with van der Waals surface area (Å²) in [6.07, 6.45) is 8.66. The van der Waals surface area contributed by atoms with Crippen molar-refractivity contribution >= 4 is 11.6 Å². The molecule has 0 amide bonds. The molecule has 0 radical (unpaired) electrons. The number of carbonyl (C=O) groups excluding carboxylic acids is 2. The quantitative estimate of drug-likeness (QED) is 0.682. The number of rotatable bonds is 0. The van der Waals surface area contributed by atoms with Crippen molar-refractivity contribution in [1.29, 1.82) is 0 Å². The molecule has 0 aromatic rings. The largest absolute Gasteiger partial charge is 0.299 e. The normalized spacial score (nSPS) is 61.7. The lowest BCUT2D eigenvalue weighted by atomic mass is 9.46. The van der Waals surface area contributed by atoms with Gasteiger partial charge in [0, 0.05) is 17.8 Å². The molecule has 0 aromatic heterocycles. The summed E-state index contributed by atoms with van der Waals surface area (Å²) in [4.78, 5) is 24.8. The molecular formula is C21H26O2. The standard InChI is InChI=1S/C21H26O2/c1-20-5-3-10(22)7-16(20)11-8-12(11)17-15(20)4-6-21(2)18(17)13-9-14(13)19(21)23/h7,11-15,17-18H,3-6,8-9H2,1-2H3/t11-,12+,13-,14+,15+,17-,18?,20-,21+/m1/s1. The van der Waals surface area contributed by atoms with Crippen molar-refractivity contribution in [2.45, 2.75) is 52.4 Å². The lowest BCUT2D eigenvalue weighted by Gasteiger charge is -2.57. The van der Waals surface area contributed by atoms with Crippen LogP contribution in [0.15, 0.2) is 11.6 Å². The zero-order valence-electron chi connectivity index (χ0n) is 14.2. The molecule has 0 bridgehead atoms. The SMILES string of the molecule is C[C@]12CCC(=O)C=C1[C@@H]1C[C@@H]1[C@H]1C3[C@@H]4C[C@@H]4C(=O)[C@@]3(C)CC[C@@H]12. The molecule has 5 fully saturated rings. The van der Waals surface area contributed by atoms with Crippen LogP contribution in [0.4, 0.5) is 0 Å². The van der Waals surface area contributed by atoms with E-state index >= 15 is 0 Å². The third kappa shape index (κ3) is 1.36. The van der Waals surface area contributed by atoms with Crippen molar-refractivity contribution in [2.75, 3.05) is 0 Å². The van der Waals surface area contributed by atoms with Crippen LogP contribution < -0.4 is 0 Å². The maximum atomic E-state index is 12.8. The molecule has 5 saturated carbocycles. The number of hydrogen-bond acceptors (Lipinski definition) is 2. The van der Waals surface area contributed by atoms with Crippen LogP contribution in [0.25, 0.3) is 0 Å². The highest BCUT2D eigenvalue weighted by atomic mass is 16.1. The Labute approximate surface area is 138 Å². The lowest BCUT2D eigenvalue weighted by Crippen LogP contribution is -2.52. The predicted molar refractivity (Wildman–Crippen MR) is 86.4 cm³/mol. The second-order valence-corrected chi connectivity index (χ2v) is 10.0. The molecule has 23 heavy (non-hydrogen) atoms. The Bertz CT molecular complexity index is 690. The van der Waals surface area contributed by atoms with E-state index in [2.05, 4.69) is 13.8 Å². The first-order valence-corrected chi connectivity index (χ1v) is 9.74.